The fraction of sp³-hybridized carbons (Fsp3) is 0.440. The number of aryl methyl sites for hydroxylation is 3. The summed E-state index contributed by atoms with van der Waals surface area (Å²) in [5.41, 5.74) is 15.8. The monoisotopic (exact) mass is 478 g/mol. The fourth-order valence-corrected chi connectivity index (χ4v) is 5.86. The minimum Gasteiger partial charge on any atom is -0.355 e. The van der Waals surface area contributed by atoms with E-state index in [2.05, 4.69) is 46.1 Å². The summed E-state index contributed by atoms with van der Waals surface area (Å²) >= 11 is 0. The highest BCUT2D eigenvalue weighted by molar-refractivity contribution is 5.85. The van der Waals surface area contributed by atoms with Crippen molar-refractivity contribution in [2.75, 3.05) is 18.0 Å². The van der Waals surface area contributed by atoms with E-state index in [-0.39, 0.29) is 23.9 Å². The van der Waals surface area contributed by atoms with Gasteiger partial charge in [0.25, 0.3) is 0 Å². The smallest absolute Gasteiger partial charge is 0.155 e. The molecule has 9 heteroatoms. The van der Waals surface area contributed by atoms with E-state index < -0.39 is 0 Å². The van der Waals surface area contributed by atoms with E-state index in [9.17, 15) is 0 Å². The molecule has 34 heavy (non-hydrogen) atoms. The molecule has 0 saturated carbocycles. The van der Waals surface area contributed by atoms with Gasteiger partial charge in [-0.05, 0) is 68.7 Å². The van der Waals surface area contributed by atoms with Crippen LogP contribution >= 0.6 is 12.4 Å². The zero-order valence-electron chi connectivity index (χ0n) is 20.1. The van der Waals surface area contributed by atoms with Gasteiger partial charge in [-0.2, -0.15) is 10.2 Å². The first-order valence-corrected chi connectivity index (χ1v) is 11.7. The zero-order chi connectivity index (χ0) is 22.9. The highest BCUT2D eigenvalue weighted by Gasteiger charge is 2.46. The largest absolute Gasteiger partial charge is 0.355 e. The molecule has 178 valence electrons. The summed E-state index contributed by atoms with van der Waals surface area (Å²) in [6, 6.07) is 4.32. The number of nitrogens with zero attached hydrogens (tertiary/aromatic N) is 7. The van der Waals surface area contributed by atoms with Crippen molar-refractivity contribution in [3.05, 3.63) is 58.9 Å². The minimum atomic E-state index is 0. The van der Waals surface area contributed by atoms with Gasteiger partial charge in [0.15, 0.2) is 5.82 Å². The Labute approximate surface area is 205 Å². The lowest BCUT2D eigenvalue weighted by molar-refractivity contribution is 0.187. The third-order valence-corrected chi connectivity index (χ3v) is 7.95. The topological polar surface area (TPSA) is 90.2 Å². The van der Waals surface area contributed by atoms with Crippen LogP contribution in [0.4, 0.5) is 5.82 Å². The summed E-state index contributed by atoms with van der Waals surface area (Å²) in [6.07, 6.45) is 8.92. The van der Waals surface area contributed by atoms with Crippen LogP contribution in [0.5, 0.6) is 0 Å². The fourth-order valence-electron chi connectivity index (χ4n) is 5.86. The molecule has 8 nitrogen and oxygen atoms in total. The van der Waals surface area contributed by atoms with Crippen molar-refractivity contribution in [2.45, 2.75) is 46.1 Å². The molecule has 2 N–H and O–H groups in total. The number of fused-ring (bicyclic) bond motifs is 2. The molecule has 0 amide bonds. The van der Waals surface area contributed by atoms with Gasteiger partial charge in [0.05, 0.1) is 23.8 Å². The lowest BCUT2D eigenvalue weighted by Crippen LogP contribution is -2.44. The normalized spacial score (nSPS) is 19.0. The molecule has 1 saturated heterocycles. The molecule has 0 bridgehead atoms. The molecule has 5 heterocycles. The molecule has 1 aliphatic carbocycles. The van der Waals surface area contributed by atoms with Gasteiger partial charge in [0, 0.05) is 49.3 Å². The van der Waals surface area contributed by atoms with Gasteiger partial charge in [-0.3, -0.25) is 9.67 Å². The van der Waals surface area contributed by atoms with Gasteiger partial charge in [-0.1, -0.05) is 0 Å². The molecule has 1 fully saturated rings. The van der Waals surface area contributed by atoms with Crippen LogP contribution in [0.15, 0.2) is 30.7 Å². The molecule has 6 rings (SSSR count). The first-order chi connectivity index (χ1) is 15.9. The van der Waals surface area contributed by atoms with Crippen molar-refractivity contribution in [1.29, 1.82) is 0 Å². The first-order valence-electron chi connectivity index (χ1n) is 11.7. The maximum absolute atomic E-state index is 6.82. The van der Waals surface area contributed by atoms with Crippen molar-refractivity contribution in [2.24, 2.45) is 18.2 Å². The summed E-state index contributed by atoms with van der Waals surface area (Å²) in [6.45, 7) is 8.06. The maximum atomic E-state index is 6.82. The Morgan fingerprint density at radius 3 is 2.56 bits per heavy atom. The average Bonchev–Trinajstić information content (AvgIpc) is 3.48. The number of hydrogen-bond donors (Lipinski definition) is 1. The van der Waals surface area contributed by atoms with E-state index in [1.54, 1.807) is 0 Å². The molecule has 2 aliphatic rings. The second-order valence-electron chi connectivity index (χ2n) is 9.79. The predicted octanol–water partition coefficient (Wildman–Crippen LogP) is 3.71. The molecular weight excluding hydrogens is 448 g/mol. The Kier molecular flexibility index (Phi) is 5.41. The Morgan fingerprint density at radius 2 is 1.85 bits per heavy atom. The first kappa shape index (κ1) is 22.8. The molecule has 0 radical (unpaired) electrons. The Hall–Kier alpha value is -2.97. The molecule has 1 atom stereocenters. The van der Waals surface area contributed by atoms with Crippen LogP contribution in [0.2, 0.25) is 0 Å². The molecule has 4 aromatic rings. The number of pyridine rings is 1. The van der Waals surface area contributed by atoms with Crippen molar-refractivity contribution >= 4 is 23.7 Å². The van der Waals surface area contributed by atoms with Crippen LogP contribution in [0.1, 0.15) is 47.1 Å². The summed E-state index contributed by atoms with van der Waals surface area (Å²) in [4.78, 5) is 12.0. The van der Waals surface area contributed by atoms with E-state index >= 15 is 0 Å². The van der Waals surface area contributed by atoms with E-state index in [4.69, 9.17) is 10.7 Å². The Morgan fingerprint density at radius 1 is 1.09 bits per heavy atom. The van der Waals surface area contributed by atoms with Crippen LogP contribution in [0.3, 0.4) is 0 Å². The second kappa shape index (κ2) is 8.06. The number of piperidine rings is 1. The Bertz CT molecular complexity index is 1380. The molecule has 4 aromatic heterocycles. The SMILES string of the molecule is Cc1cc2c(cn1)CC1(CCN(c3nc(C)c(-c4cnn(C)c4C)n4nccc34)CC1)[C@@H]2N.Cl. The van der Waals surface area contributed by atoms with Crippen molar-refractivity contribution in [1.82, 2.24) is 29.4 Å². The van der Waals surface area contributed by atoms with Gasteiger partial charge in [-0.15, -0.1) is 12.4 Å². The molecule has 0 aromatic carbocycles. The van der Waals surface area contributed by atoms with Crippen LogP contribution in [0.25, 0.3) is 16.8 Å². The number of hydrogen-bond acceptors (Lipinski definition) is 6. The number of nitrogens with two attached hydrogens (primary N) is 1. The van der Waals surface area contributed by atoms with Gasteiger partial charge < -0.3 is 10.6 Å². The van der Waals surface area contributed by atoms with E-state index in [1.165, 1.54) is 11.1 Å². The third kappa shape index (κ3) is 3.23. The second-order valence-corrected chi connectivity index (χ2v) is 9.79. The van der Waals surface area contributed by atoms with Crippen molar-refractivity contribution in [3.63, 3.8) is 0 Å². The van der Waals surface area contributed by atoms with E-state index in [0.717, 1.165) is 72.0 Å². The molecule has 0 unspecified atom stereocenters. The van der Waals surface area contributed by atoms with Crippen molar-refractivity contribution < 1.29 is 0 Å². The lowest BCUT2D eigenvalue weighted by atomic mass is 9.73. The quantitative estimate of drug-likeness (QED) is 0.472. The van der Waals surface area contributed by atoms with E-state index in [1.807, 2.05) is 41.8 Å². The number of aromatic nitrogens is 6. The zero-order valence-corrected chi connectivity index (χ0v) is 20.9. The highest BCUT2D eigenvalue weighted by atomic mass is 35.5. The van der Waals surface area contributed by atoms with Crippen LogP contribution in [-0.4, -0.2) is 42.5 Å². The van der Waals surface area contributed by atoms with Gasteiger partial charge >= 0.3 is 0 Å². The third-order valence-electron chi connectivity index (χ3n) is 7.95. The maximum Gasteiger partial charge on any atom is 0.155 e. The predicted molar refractivity (Wildman–Crippen MR) is 135 cm³/mol. The number of rotatable bonds is 2. The molecular formula is C25H31ClN8. The number of anilines is 1. The summed E-state index contributed by atoms with van der Waals surface area (Å²) < 4.78 is 3.92. The van der Waals surface area contributed by atoms with Crippen LogP contribution in [0, 0.1) is 26.2 Å². The summed E-state index contributed by atoms with van der Waals surface area (Å²) in [5.74, 6) is 1.01. The average molecular weight is 479 g/mol. The summed E-state index contributed by atoms with van der Waals surface area (Å²) in [5, 5.41) is 9.09. The molecule has 1 aliphatic heterocycles. The number of halogens is 1. The molecule has 1 spiro atoms. The minimum absolute atomic E-state index is 0. The van der Waals surface area contributed by atoms with Gasteiger partial charge in [0.1, 0.15) is 5.52 Å². The van der Waals surface area contributed by atoms with Crippen LogP contribution < -0.4 is 10.6 Å². The standard InChI is InChI=1S/C25H30N8.ClH/c1-15-11-19-18(13-27-15)12-25(23(19)26)6-9-32(10-7-25)24-21-5-8-28-33(21)22(16(2)30-24)20-14-29-31(4)17(20)3;/h5,8,11,13-14,23H,6-7,9-10,12,26H2,1-4H3;1H/t23-;/m1./s1. The van der Waals surface area contributed by atoms with E-state index in [0.29, 0.717) is 0 Å². The highest BCUT2D eigenvalue weighted by Crippen LogP contribution is 2.51. The van der Waals surface area contributed by atoms with Crippen LogP contribution in [-0.2, 0) is 13.5 Å². The Balaban J connectivity index is 0.00000241. The summed E-state index contributed by atoms with van der Waals surface area (Å²) in [7, 11) is 1.96. The van der Waals surface area contributed by atoms with Gasteiger partial charge in [-0.25, -0.2) is 9.50 Å². The van der Waals surface area contributed by atoms with Crippen molar-refractivity contribution in [3.8, 4) is 11.3 Å². The van der Waals surface area contributed by atoms with Gasteiger partial charge in [0.2, 0.25) is 0 Å². The lowest BCUT2D eigenvalue weighted by Gasteiger charge is -2.42.